The lowest BCUT2D eigenvalue weighted by atomic mass is 10.1. The van der Waals surface area contributed by atoms with Crippen LogP contribution in [-0.4, -0.2) is 15.7 Å². The number of nitrogens with zero attached hydrogens (tertiary/aromatic N) is 2. The molecule has 0 saturated carbocycles. The van der Waals surface area contributed by atoms with Crippen molar-refractivity contribution in [1.29, 1.82) is 0 Å². The van der Waals surface area contributed by atoms with Crippen molar-refractivity contribution in [1.82, 2.24) is 9.78 Å². The number of aromatic nitrogens is 2. The number of carbonyl (C=O) groups is 1. The minimum atomic E-state index is -0.765. The maximum Gasteiger partial charge on any atom is 0.276 e. The molecule has 1 unspecified atom stereocenters. The molecule has 0 bridgehead atoms. The van der Waals surface area contributed by atoms with Gasteiger partial charge in [-0.05, 0) is 43.7 Å². The smallest absolute Gasteiger partial charge is 0.276 e. The predicted octanol–water partition coefficient (Wildman–Crippen LogP) is 4.65. The maximum atomic E-state index is 13.2. The van der Waals surface area contributed by atoms with Crippen LogP contribution in [0, 0.1) is 12.7 Å². The number of carbonyl (C=O) groups excluding carboxylic acids is 1. The molecule has 0 aliphatic carbocycles. The third-order valence-electron chi connectivity index (χ3n) is 4.70. The molecule has 4 rings (SSSR count). The quantitative estimate of drug-likeness (QED) is 0.547. The molecule has 0 spiro atoms. The third kappa shape index (κ3) is 3.07. The average molecular weight is 395 g/mol. The van der Waals surface area contributed by atoms with Crippen LogP contribution < -0.4 is 10.9 Å². The Kier molecular flexibility index (Phi) is 4.68. The van der Waals surface area contributed by atoms with Crippen molar-refractivity contribution in [2.45, 2.75) is 26.3 Å². The average Bonchev–Trinajstić information content (AvgIpc) is 3.08. The summed E-state index contributed by atoms with van der Waals surface area (Å²) in [6.07, 6.45) is 0.396. The van der Waals surface area contributed by atoms with Gasteiger partial charge in [0.25, 0.3) is 5.56 Å². The van der Waals surface area contributed by atoms with Crippen molar-refractivity contribution in [3.63, 3.8) is 0 Å². The Morgan fingerprint density at radius 1 is 1.21 bits per heavy atom. The molecule has 2 aromatic carbocycles. The molecule has 142 valence electrons. The van der Waals surface area contributed by atoms with Gasteiger partial charge >= 0.3 is 0 Å². The Morgan fingerprint density at radius 2 is 1.93 bits per heavy atom. The van der Waals surface area contributed by atoms with Crippen LogP contribution in [0.4, 0.5) is 10.1 Å². The van der Waals surface area contributed by atoms with E-state index >= 15 is 0 Å². The molecule has 0 fully saturated rings. The fourth-order valence-electron chi connectivity index (χ4n) is 3.32. The van der Waals surface area contributed by atoms with Crippen molar-refractivity contribution >= 4 is 43.1 Å². The van der Waals surface area contributed by atoms with Crippen molar-refractivity contribution in [2.75, 3.05) is 5.32 Å². The Balaban J connectivity index is 1.80. The number of halogens is 1. The van der Waals surface area contributed by atoms with E-state index in [0.717, 1.165) is 14.8 Å². The number of aryl methyl sites for hydroxylation is 1. The van der Waals surface area contributed by atoms with Crippen molar-refractivity contribution in [3.05, 3.63) is 70.4 Å². The summed E-state index contributed by atoms with van der Waals surface area (Å²) in [5, 5.41) is 8.65. The number of hydrogen-bond acceptors (Lipinski definition) is 4. The second kappa shape index (κ2) is 7.16. The summed E-state index contributed by atoms with van der Waals surface area (Å²) in [5.41, 5.74) is 0.902. The lowest BCUT2D eigenvalue weighted by Gasteiger charge is -2.17. The zero-order chi connectivity index (χ0) is 19.8. The molecule has 7 heteroatoms. The van der Waals surface area contributed by atoms with Crippen LogP contribution in [0.15, 0.2) is 53.3 Å². The standard InChI is InChI=1S/C21H18FN3O2S/c1-3-16(20(26)23-14-10-8-13(22)9-11-14)25-21(27)18-15-6-4-5-7-17(15)28-19(18)12(2)24-25/h4-11,16H,3H2,1-2H3,(H,23,26). The molecule has 2 aromatic heterocycles. The molecular weight excluding hydrogens is 377 g/mol. The van der Waals surface area contributed by atoms with Gasteiger partial charge in [-0.3, -0.25) is 9.59 Å². The normalized spacial score (nSPS) is 12.4. The third-order valence-corrected chi connectivity index (χ3v) is 5.98. The van der Waals surface area contributed by atoms with Gasteiger partial charge in [0.1, 0.15) is 11.9 Å². The van der Waals surface area contributed by atoms with Crippen LogP contribution in [0.1, 0.15) is 25.1 Å². The number of hydrogen-bond donors (Lipinski definition) is 1. The first-order valence-electron chi connectivity index (χ1n) is 8.96. The van der Waals surface area contributed by atoms with E-state index in [1.54, 1.807) is 0 Å². The van der Waals surface area contributed by atoms with Crippen LogP contribution in [0.5, 0.6) is 0 Å². The van der Waals surface area contributed by atoms with Gasteiger partial charge < -0.3 is 5.32 Å². The first kappa shape index (κ1) is 18.3. The highest BCUT2D eigenvalue weighted by molar-refractivity contribution is 7.26. The number of nitrogens with one attached hydrogen (secondary N) is 1. The number of fused-ring (bicyclic) bond motifs is 3. The predicted molar refractivity (Wildman–Crippen MR) is 110 cm³/mol. The molecule has 1 atom stereocenters. The van der Waals surface area contributed by atoms with E-state index in [0.29, 0.717) is 23.2 Å². The lowest BCUT2D eigenvalue weighted by Crippen LogP contribution is -2.35. The summed E-state index contributed by atoms with van der Waals surface area (Å²) < 4.78 is 16.2. The highest BCUT2D eigenvalue weighted by Gasteiger charge is 2.24. The SMILES string of the molecule is CCC(C(=O)Nc1ccc(F)cc1)n1nc(C)c2sc3ccccc3c2c1=O. The van der Waals surface area contributed by atoms with Crippen LogP contribution in [-0.2, 0) is 4.79 Å². The highest BCUT2D eigenvalue weighted by Crippen LogP contribution is 2.33. The van der Waals surface area contributed by atoms with E-state index in [1.165, 1.54) is 40.3 Å². The molecule has 0 radical (unpaired) electrons. The van der Waals surface area contributed by atoms with E-state index in [2.05, 4.69) is 10.4 Å². The van der Waals surface area contributed by atoms with Gasteiger partial charge in [-0.25, -0.2) is 9.07 Å². The summed E-state index contributed by atoms with van der Waals surface area (Å²) in [7, 11) is 0. The molecular formula is C21H18FN3O2S. The minimum Gasteiger partial charge on any atom is -0.324 e. The number of anilines is 1. The molecule has 1 amide bonds. The van der Waals surface area contributed by atoms with E-state index in [-0.39, 0.29) is 17.3 Å². The summed E-state index contributed by atoms with van der Waals surface area (Å²) in [6, 6.07) is 12.5. The van der Waals surface area contributed by atoms with Crippen LogP contribution >= 0.6 is 11.3 Å². The number of benzene rings is 2. The summed E-state index contributed by atoms with van der Waals surface area (Å²) in [4.78, 5) is 26.1. The van der Waals surface area contributed by atoms with Gasteiger partial charge in [-0.15, -0.1) is 11.3 Å². The monoisotopic (exact) mass is 395 g/mol. The second-order valence-electron chi connectivity index (χ2n) is 6.56. The second-order valence-corrected chi connectivity index (χ2v) is 7.61. The first-order valence-corrected chi connectivity index (χ1v) is 9.78. The number of amides is 1. The van der Waals surface area contributed by atoms with Gasteiger partial charge in [-0.1, -0.05) is 25.1 Å². The van der Waals surface area contributed by atoms with Crippen molar-refractivity contribution in [2.24, 2.45) is 0 Å². The van der Waals surface area contributed by atoms with Gasteiger partial charge in [0.2, 0.25) is 5.91 Å². The summed E-state index contributed by atoms with van der Waals surface area (Å²) in [6.45, 7) is 3.67. The maximum absolute atomic E-state index is 13.2. The summed E-state index contributed by atoms with van der Waals surface area (Å²) >= 11 is 1.53. The van der Waals surface area contributed by atoms with E-state index in [4.69, 9.17) is 0 Å². The van der Waals surface area contributed by atoms with E-state index in [9.17, 15) is 14.0 Å². The van der Waals surface area contributed by atoms with Gasteiger partial charge in [0.15, 0.2) is 0 Å². The molecule has 1 N–H and O–H groups in total. The minimum absolute atomic E-state index is 0.279. The van der Waals surface area contributed by atoms with Gasteiger partial charge in [0, 0.05) is 15.8 Å². The number of rotatable bonds is 4. The topological polar surface area (TPSA) is 64.0 Å². The fraction of sp³-hybridized carbons (Fsp3) is 0.190. The Morgan fingerprint density at radius 3 is 2.64 bits per heavy atom. The van der Waals surface area contributed by atoms with Gasteiger partial charge in [0.05, 0.1) is 15.8 Å². The molecule has 0 aliphatic rings. The van der Waals surface area contributed by atoms with E-state index in [1.807, 2.05) is 38.1 Å². The first-order chi connectivity index (χ1) is 13.5. The van der Waals surface area contributed by atoms with Gasteiger partial charge in [-0.2, -0.15) is 5.10 Å². The van der Waals surface area contributed by atoms with Crippen molar-refractivity contribution in [3.8, 4) is 0 Å². The molecule has 0 saturated heterocycles. The summed E-state index contributed by atoms with van der Waals surface area (Å²) in [5.74, 6) is -0.740. The largest absolute Gasteiger partial charge is 0.324 e. The van der Waals surface area contributed by atoms with Crippen LogP contribution in [0.25, 0.3) is 20.2 Å². The number of thiophene rings is 1. The highest BCUT2D eigenvalue weighted by atomic mass is 32.1. The molecule has 5 nitrogen and oxygen atoms in total. The van der Waals surface area contributed by atoms with E-state index < -0.39 is 6.04 Å². The molecule has 4 aromatic rings. The zero-order valence-electron chi connectivity index (χ0n) is 15.4. The zero-order valence-corrected chi connectivity index (χ0v) is 16.2. The molecule has 2 heterocycles. The lowest BCUT2D eigenvalue weighted by molar-refractivity contribution is -0.119. The van der Waals surface area contributed by atoms with Crippen LogP contribution in [0.2, 0.25) is 0 Å². The Bertz CT molecular complexity index is 1240. The fourth-order valence-corrected chi connectivity index (χ4v) is 4.45. The molecule has 0 aliphatic heterocycles. The Hall–Kier alpha value is -3.06. The molecule has 28 heavy (non-hydrogen) atoms. The van der Waals surface area contributed by atoms with Crippen LogP contribution in [0.3, 0.4) is 0 Å². The van der Waals surface area contributed by atoms with Crippen molar-refractivity contribution < 1.29 is 9.18 Å². The Labute approximate surface area is 164 Å².